The first-order chi connectivity index (χ1) is 5.33. The summed E-state index contributed by atoms with van der Waals surface area (Å²) in [5.74, 6) is -0.163. The van der Waals surface area contributed by atoms with Crippen molar-refractivity contribution in [2.45, 2.75) is 26.2 Å². The van der Waals surface area contributed by atoms with E-state index < -0.39 is 0 Å². The SMILES string of the molecule is CCCCNC1=COC(=O)C1.Cl. The molecule has 1 heterocycles. The molecule has 0 aliphatic carbocycles. The second-order valence-electron chi connectivity index (χ2n) is 2.59. The zero-order valence-corrected chi connectivity index (χ0v) is 7.95. The number of carbonyl (C=O) groups excluding carboxylic acids is 1. The Hall–Kier alpha value is -0.700. The molecule has 0 saturated heterocycles. The van der Waals surface area contributed by atoms with Crippen LogP contribution in [-0.2, 0) is 9.53 Å². The lowest BCUT2D eigenvalue weighted by Gasteiger charge is -2.01. The molecule has 0 spiro atoms. The predicted molar refractivity (Wildman–Crippen MR) is 49.0 cm³/mol. The summed E-state index contributed by atoms with van der Waals surface area (Å²) in [7, 11) is 0. The Bertz CT molecular complexity index is 180. The molecule has 0 aromatic heterocycles. The maximum atomic E-state index is 10.6. The second-order valence-corrected chi connectivity index (χ2v) is 2.59. The van der Waals surface area contributed by atoms with Gasteiger partial charge in [-0.25, -0.2) is 0 Å². The van der Waals surface area contributed by atoms with Crippen LogP contribution in [0.15, 0.2) is 12.0 Å². The van der Waals surface area contributed by atoms with Crippen molar-refractivity contribution < 1.29 is 9.53 Å². The first-order valence-electron chi connectivity index (χ1n) is 3.95. The van der Waals surface area contributed by atoms with Crippen LogP contribution in [-0.4, -0.2) is 12.5 Å². The predicted octanol–water partition coefficient (Wildman–Crippen LogP) is 1.59. The third-order valence-electron chi connectivity index (χ3n) is 1.55. The van der Waals surface area contributed by atoms with Crippen molar-refractivity contribution in [3.8, 4) is 0 Å². The van der Waals surface area contributed by atoms with Crippen molar-refractivity contribution >= 4 is 18.4 Å². The van der Waals surface area contributed by atoms with E-state index in [0.717, 1.165) is 25.1 Å². The number of ether oxygens (including phenoxy) is 1. The van der Waals surface area contributed by atoms with E-state index in [9.17, 15) is 4.79 Å². The van der Waals surface area contributed by atoms with Gasteiger partial charge < -0.3 is 10.1 Å². The number of unbranched alkanes of at least 4 members (excludes halogenated alkanes) is 1. The van der Waals surface area contributed by atoms with E-state index in [1.54, 1.807) is 0 Å². The molecule has 0 aromatic rings. The van der Waals surface area contributed by atoms with Crippen molar-refractivity contribution in [3.63, 3.8) is 0 Å². The number of hydrogen-bond donors (Lipinski definition) is 1. The number of hydrogen-bond acceptors (Lipinski definition) is 3. The minimum Gasteiger partial charge on any atom is -0.432 e. The third kappa shape index (κ3) is 3.62. The van der Waals surface area contributed by atoms with Gasteiger partial charge in [0.25, 0.3) is 0 Å². The van der Waals surface area contributed by atoms with Crippen molar-refractivity contribution in [2.75, 3.05) is 6.54 Å². The summed E-state index contributed by atoms with van der Waals surface area (Å²) in [5, 5.41) is 3.13. The number of halogens is 1. The standard InChI is InChI=1S/C8H13NO2.ClH/c1-2-3-4-9-7-5-8(10)11-6-7;/h6,9H,2-5H2,1H3;1H. The number of nitrogens with one attached hydrogen (secondary N) is 1. The number of cyclic esters (lactones) is 1. The average Bonchev–Trinajstić information content (AvgIpc) is 2.37. The first kappa shape index (κ1) is 11.3. The van der Waals surface area contributed by atoms with Crippen LogP contribution in [0.4, 0.5) is 0 Å². The van der Waals surface area contributed by atoms with E-state index >= 15 is 0 Å². The van der Waals surface area contributed by atoms with Gasteiger partial charge in [-0.2, -0.15) is 0 Å². The Kier molecular flexibility index (Phi) is 5.54. The van der Waals surface area contributed by atoms with Gasteiger partial charge in [0.05, 0.1) is 12.1 Å². The molecule has 1 aliphatic rings. The zero-order chi connectivity index (χ0) is 8.10. The lowest BCUT2D eigenvalue weighted by Crippen LogP contribution is -2.13. The molecule has 1 aliphatic heterocycles. The van der Waals surface area contributed by atoms with Crippen LogP contribution in [0, 0.1) is 0 Å². The van der Waals surface area contributed by atoms with Gasteiger partial charge in [-0.05, 0) is 6.42 Å². The molecular formula is C8H14ClNO2. The quantitative estimate of drug-likeness (QED) is 0.542. The van der Waals surface area contributed by atoms with E-state index in [1.807, 2.05) is 0 Å². The maximum Gasteiger partial charge on any atom is 0.316 e. The van der Waals surface area contributed by atoms with Crippen molar-refractivity contribution in [1.82, 2.24) is 5.32 Å². The normalized spacial score (nSPS) is 14.8. The fourth-order valence-electron chi connectivity index (χ4n) is 0.906. The summed E-state index contributed by atoms with van der Waals surface area (Å²) in [6.07, 6.45) is 4.20. The average molecular weight is 192 g/mol. The Balaban J connectivity index is 0.00000121. The van der Waals surface area contributed by atoms with E-state index in [-0.39, 0.29) is 18.4 Å². The Morgan fingerprint density at radius 2 is 2.42 bits per heavy atom. The molecule has 3 nitrogen and oxygen atoms in total. The Morgan fingerprint density at radius 1 is 1.67 bits per heavy atom. The summed E-state index contributed by atoms with van der Waals surface area (Å²) in [6, 6.07) is 0. The van der Waals surface area contributed by atoms with Gasteiger partial charge in [0.1, 0.15) is 6.26 Å². The molecule has 0 atom stereocenters. The summed E-state index contributed by atoms with van der Waals surface area (Å²) in [4.78, 5) is 10.6. The molecule has 0 bridgehead atoms. The number of esters is 1. The van der Waals surface area contributed by atoms with Crippen LogP contribution in [0.5, 0.6) is 0 Å². The minimum atomic E-state index is -0.163. The van der Waals surface area contributed by atoms with Crippen LogP contribution < -0.4 is 5.32 Å². The molecule has 4 heteroatoms. The lowest BCUT2D eigenvalue weighted by atomic mass is 10.3. The van der Waals surface area contributed by atoms with Crippen LogP contribution in [0.1, 0.15) is 26.2 Å². The topological polar surface area (TPSA) is 38.3 Å². The highest BCUT2D eigenvalue weighted by molar-refractivity contribution is 5.85. The van der Waals surface area contributed by atoms with Crippen LogP contribution >= 0.6 is 12.4 Å². The van der Waals surface area contributed by atoms with Gasteiger partial charge >= 0.3 is 5.97 Å². The van der Waals surface area contributed by atoms with Crippen molar-refractivity contribution in [1.29, 1.82) is 0 Å². The lowest BCUT2D eigenvalue weighted by molar-refractivity contribution is -0.135. The second kappa shape index (κ2) is 5.89. The largest absolute Gasteiger partial charge is 0.432 e. The van der Waals surface area contributed by atoms with Crippen LogP contribution in [0.25, 0.3) is 0 Å². The van der Waals surface area contributed by atoms with Crippen LogP contribution in [0.2, 0.25) is 0 Å². The molecular weight excluding hydrogens is 178 g/mol. The van der Waals surface area contributed by atoms with Crippen molar-refractivity contribution in [2.24, 2.45) is 0 Å². The zero-order valence-electron chi connectivity index (χ0n) is 7.13. The number of carbonyl (C=O) groups is 1. The van der Waals surface area contributed by atoms with Gasteiger partial charge in [0.15, 0.2) is 0 Å². The van der Waals surface area contributed by atoms with E-state index in [4.69, 9.17) is 0 Å². The molecule has 1 rings (SSSR count). The molecule has 1 N–H and O–H groups in total. The highest BCUT2D eigenvalue weighted by Crippen LogP contribution is 2.07. The summed E-state index contributed by atoms with van der Waals surface area (Å²) in [5.41, 5.74) is 0.906. The highest BCUT2D eigenvalue weighted by atomic mass is 35.5. The highest BCUT2D eigenvalue weighted by Gasteiger charge is 2.13. The molecule has 12 heavy (non-hydrogen) atoms. The smallest absolute Gasteiger partial charge is 0.316 e. The third-order valence-corrected chi connectivity index (χ3v) is 1.55. The van der Waals surface area contributed by atoms with E-state index in [0.29, 0.717) is 6.42 Å². The minimum absolute atomic E-state index is 0. The molecule has 70 valence electrons. The van der Waals surface area contributed by atoms with E-state index in [2.05, 4.69) is 17.0 Å². The van der Waals surface area contributed by atoms with Gasteiger partial charge in [0.2, 0.25) is 0 Å². The molecule has 0 unspecified atom stereocenters. The monoisotopic (exact) mass is 191 g/mol. The van der Waals surface area contributed by atoms with Crippen molar-refractivity contribution in [3.05, 3.63) is 12.0 Å². The fourth-order valence-corrected chi connectivity index (χ4v) is 0.906. The first-order valence-corrected chi connectivity index (χ1v) is 3.95. The summed E-state index contributed by atoms with van der Waals surface area (Å²) in [6.45, 7) is 3.06. The summed E-state index contributed by atoms with van der Waals surface area (Å²) < 4.78 is 4.63. The molecule has 0 saturated carbocycles. The molecule has 0 aromatic carbocycles. The van der Waals surface area contributed by atoms with Gasteiger partial charge in [-0.1, -0.05) is 13.3 Å². The Labute approximate surface area is 78.6 Å². The number of rotatable bonds is 4. The van der Waals surface area contributed by atoms with Crippen LogP contribution in [0.3, 0.4) is 0 Å². The van der Waals surface area contributed by atoms with E-state index in [1.165, 1.54) is 6.26 Å². The fraction of sp³-hybridized carbons (Fsp3) is 0.625. The maximum absolute atomic E-state index is 10.6. The van der Waals surface area contributed by atoms with Gasteiger partial charge in [-0.15, -0.1) is 12.4 Å². The molecule has 0 radical (unpaired) electrons. The van der Waals surface area contributed by atoms with Gasteiger partial charge in [-0.3, -0.25) is 4.79 Å². The molecule has 0 fully saturated rings. The Morgan fingerprint density at radius 3 is 2.92 bits per heavy atom. The summed E-state index contributed by atoms with van der Waals surface area (Å²) >= 11 is 0. The molecule has 0 amide bonds. The van der Waals surface area contributed by atoms with Gasteiger partial charge in [0, 0.05) is 6.54 Å².